The van der Waals surface area contributed by atoms with Gasteiger partial charge in [0.15, 0.2) is 10.9 Å². The van der Waals surface area contributed by atoms with Crippen LogP contribution >= 0.6 is 0 Å². The average molecular weight is 581 g/mol. The molecule has 2 aliphatic rings. The summed E-state index contributed by atoms with van der Waals surface area (Å²) in [6.45, 7) is 0. The van der Waals surface area contributed by atoms with Gasteiger partial charge >= 0.3 is 48.3 Å². The molecule has 0 unspecified atom stereocenters. The molecule has 0 heterocycles. The molecule has 3 aromatic rings. The SMILES string of the molecule is Nc1cc(S(=O)(=O)[O-])cc2c[c-]c(NN=c3cc4c(=O)c5ccccc5c(=O)c-4cc3=O)c(O)c12.O=S(=O)=O.[Li+].[Li+]. The Bertz CT molecular complexity index is 2230. The maximum Gasteiger partial charge on any atom is 1.00 e. The number of fused-ring (bicyclic) bond motifs is 3. The van der Waals surface area contributed by atoms with Crippen LogP contribution in [0, 0.1) is 6.07 Å². The van der Waals surface area contributed by atoms with Crippen molar-refractivity contribution in [3.8, 4) is 16.9 Å². The molecule has 4 N–H and O–H groups in total. The molecule has 0 atom stereocenters. The van der Waals surface area contributed by atoms with E-state index in [0.29, 0.717) is 0 Å². The van der Waals surface area contributed by atoms with E-state index in [2.05, 4.69) is 16.6 Å². The van der Waals surface area contributed by atoms with Crippen LogP contribution in [0.5, 0.6) is 5.75 Å². The number of phenolic OH excluding ortho intramolecular Hbond substituents is 1. The van der Waals surface area contributed by atoms with Gasteiger partial charge < -0.3 is 15.4 Å². The van der Waals surface area contributed by atoms with Gasteiger partial charge in [0, 0.05) is 38.2 Å². The van der Waals surface area contributed by atoms with Gasteiger partial charge in [0.1, 0.15) is 15.5 Å². The molecule has 2 aliphatic carbocycles. The van der Waals surface area contributed by atoms with Crippen LogP contribution in [0.25, 0.3) is 32.7 Å². The minimum Gasteiger partial charge on any atom is -0.744 e. The molecule has 13 nitrogen and oxygen atoms in total. The van der Waals surface area contributed by atoms with E-state index in [-0.39, 0.29) is 87.1 Å². The molecule has 0 saturated carbocycles. The van der Waals surface area contributed by atoms with E-state index >= 15 is 0 Å². The Morgan fingerprint density at radius 3 is 2.00 bits per heavy atom. The Labute approximate surface area is 255 Å². The van der Waals surface area contributed by atoms with Crippen LogP contribution < -0.4 is 70.5 Å². The van der Waals surface area contributed by atoms with Crippen LogP contribution in [0.2, 0.25) is 0 Å². The quantitative estimate of drug-likeness (QED) is 0.0344. The number of nitrogens with one attached hydrogen (secondary N) is 1. The van der Waals surface area contributed by atoms with E-state index in [1.54, 1.807) is 12.1 Å². The van der Waals surface area contributed by atoms with Crippen molar-refractivity contribution in [1.29, 1.82) is 0 Å². The summed E-state index contributed by atoms with van der Waals surface area (Å²) in [6, 6.07) is 14.4. The molecule has 41 heavy (non-hydrogen) atoms. The monoisotopic (exact) mass is 581 g/mol. The summed E-state index contributed by atoms with van der Waals surface area (Å²) in [5, 5.41) is 15.0. The molecule has 0 bridgehead atoms. The molecule has 3 aromatic carbocycles. The predicted molar refractivity (Wildman–Crippen MR) is 137 cm³/mol. The number of nitrogen functional groups attached to an aromatic ring is 1. The second-order valence-corrected chi connectivity index (χ2v) is 9.73. The molecule has 0 amide bonds. The molecule has 198 valence electrons. The molecule has 0 aromatic heterocycles. The van der Waals surface area contributed by atoms with Gasteiger partial charge in [0.25, 0.3) is 0 Å². The van der Waals surface area contributed by atoms with Gasteiger partial charge in [-0.15, -0.1) is 18.0 Å². The fourth-order valence-corrected chi connectivity index (χ4v) is 4.48. The largest absolute Gasteiger partial charge is 1.00 e. The summed E-state index contributed by atoms with van der Waals surface area (Å²) in [4.78, 5) is 37.6. The van der Waals surface area contributed by atoms with Crippen molar-refractivity contribution < 1.29 is 68.4 Å². The van der Waals surface area contributed by atoms with Gasteiger partial charge in [-0.1, -0.05) is 35.7 Å². The first kappa shape index (κ1) is 33.4. The number of aromatic hydroxyl groups is 1. The van der Waals surface area contributed by atoms with Crippen molar-refractivity contribution in [1.82, 2.24) is 0 Å². The van der Waals surface area contributed by atoms with Gasteiger partial charge in [0.05, 0.1) is 0 Å². The minimum absolute atomic E-state index is 0. The second-order valence-electron chi connectivity index (χ2n) is 7.94. The number of nitrogens with zero attached hydrogens (tertiary/aromatic N) is 1. The predicted octanol–water partition coefficient (Wildman–Crippen LogP) is -6.02. The number of hydrogen-bond donors (Lipinski definition) is 3. The van der Waals surface area contributed by atoms with Crippen molar-refractivity contribution in [2.75, 3.05) is 11.2 Å². The van der Waals surface area contributed by atoms with E-state index in [1.165, 1.54) is 24.3 Å². The standard InChI is InChI=1S/C24H14N3O7S.2Li.O3S/c25-17-8-12(35(32,33)34)7-11-5-6-18(24(31)21(11)17)26-27-19-9-15-16(10-20(19)28)23(30)14-4-2-1-3-13(14)22(15)29;;;1-4(2)3/h1-5,7-10,26,31H,25H2,(H,32,33,34);;;/q-1;2*+1;/p-1. The van der Waals surface area contributed by atoms with Crippen LogP contribution in [-0.2, 0) is 20.7 Å². The number of nitrogens with two attached hydrogens (primary N) is 1. The van der Waals surface area contributed by atoms with Crippen molar-refractivity contribution in [2.45, 2.75) is 4.90 Å². The van der Waals surface area contributed by atoms with Gasteiger partial charge in [0.2, 0.25) is 5.43 Å². The molecular formula is C24H13Li2N3O10S2. The first-order valence-corrected chi connectivity index (χ1v) is 12.9. The Balaban J connectivity index is 0.000000921. The number of anilines is 2. The number of phenols is 1. The first-order valence-electron chi connectivity index (χ1n) is 10.5. The fourth-order valence-electron chi connectivity index (χ4n) is 3.94. The zero-order valence-corrected chi connectivity index (χ0v) is 22.8. The summed E-state index contributed by atoms with van der Waals surface area (Å²) in [6.07, 6.45) is 0. The third kappa shape index (κ3) is 6.75. The molecule has 0 spiro atoms. The molecule has 17 heteroatoms. The van der Waals surface area contributed by atoms with Crippen molar-refractivity contribution >= 4 is 53.6 Å². The van der Waals surface area contributed by atoms with Crippen LogP contribution in [0.3, 0.4) is 0 Å². The Morgan fingerprint density at radius 2 is 1.46 bits per heavy atom. The smallest absolute Gasteiger partial charge is 0.744 e. The van der Waals surface area contributed by atoms with Gasteiger partial charge in [-0.2, -0.15) is 17.2 Å². The van der Waals surface area contributed by atoms with Gasteiger partial charge in [-0.3, -0.25) is 19.8 Å². The summed E-state index contributed by atoms with van der Waals surface area (Å²) >= 11 is 0. The van der Waals surface area contributed by atoms with E-state index < -0.39 is 47.7 Å². The van der Waals surface area contributed by atoms with Crippen LogP contribution in [-0.4, -0.2) is 30.7 Å². The van der Waals surface area contributed by atoms with Crippen molar-refractivity contribution in [2.24, 2.45) is 5.10 Å². The van der Waals surface area contributed by atoms with E-state index in [4.69, 9.17) is 18.4 Å². The maximum absolute atomic E-state index is 12.9. The fraction of sp³-hybridized carbons (Fsp3) is 0. The Morgan fingerprint density at radius 1 is 0.927 bits per heavy atom. The Hall–Kier alpha value is -3.80. The normalized spacial score (nSPS) is 11.3. The average Bonchev–Trinajstić information content (AvgIpc) is 2.86. The molecule has 0 radical (unpaired) electrons. The topological polar surface area (TPSA) is 230 Å². The van der Waals surface area contributed by atoms with Gasteiger partial charge in [-0.25, -0.2) is 8.42 Å². The third-order valence-corrected chi connectivity index (χ3v) is 6.41. The second kappa shape index (κ2) is 12.8. The molecule has 0 fully saturated rings. The zero-order valence-electron chi connectivity index (χ0n) is 21.2. The van der Waals surface area contributed by atoms with Crippen molar-refractivity contribution in [3.05, 3.63) is 96.7 Å². The molecule has 5 rings (SSSR count). The zero-order chi connectivity index (χ0) is 28.6. The van der Waals surface area contributed by atoms with E-state index in [9.17, 15) is 32.5 Å². The third-order valence-electron chi connectivity index (χ3n) is 5.60. The first-order chi connectivity index (χ1) is 18.3. The summed E-state index contributed by atoms with van der Waals surface area (Å²) < 4.78 is 59.2. The summed E-state index contributed by atoms with van der Waals surface area (Å²) in [5.41, 5.74) is 6.54. The van der Waals surface area contributed by atoms with Crippen LogP contribution in [0.1, 0.15) is 0 Å². The van der Waals surface area contributed by atoms with E-state index in [1.807, 2.05) is 0 Å². The number of rotatable bonds is 3. The van der Waals surface area contributed by atoms with Gasteiger partial charge in [-0.05, 0) is 23.9 Å². The minimum atomic E-state index is -4.77. The molecular weight excluding hydrogens is 568 g/mol. The number of hydrogen-bond acceptors (Lipinski definition) is 13. The van der Waals surface area contributed by atoms with Crippen LogP contribution in [0.4, 0.5) is 11.4 Å². The van der Waals surface area contributed by atoms with E-state index in [0.717, 1.165) is 18.2 Å². The van der Waals surface area contributed by atoms with Crippen molar-refractivity contribution in [3.63, 3.8) is 0 Å². The molecule has 0 aliphatic heterocycles. The Kier molecular flexibility index (Phi) is 10.4. The summed E-state index contributed by atoms with van der Waals surface area (Å²) in [5.74, 6) is -0.454. The van der Waals surface area contributed by atoms with Crippen LogP contribution in [0.15, 0.2) is 79.0 Å². The number of benzene rings is 5. The summed E-state index contributed by atoms with van der Waals surface area (Å²) in [7, 11) is -7.88. The molecule has 0 saturated heterocycles. The maximum atomic E-state index is 12.9.